The molecule has 6 heteroatoms. The third-order valence-corrected chi connectivity index (χ3v) is 5.22. The van der Waals surface area contributed by atoms with Crippen LogP contribution in [0.3, 0.4) is 0 Å². The fourth-order valence-corrected chi connectivity index (χ4v) is 3.62. The molecule has 154 valence electrons. The van der Waals surface area contributed by atoms with Gasteiger partial charge in [0.25, 0.3) is 5.91 Å². The van der Waals surface area contributed by atoms with E-state index in [1.54, 1.807) is 17.0 Å². The number of carbonyl (C=O) groups is 2. The summed E-state index contributed by atoms with van der Waals surface area (Å²) in [5.74, 6) is -0.989. The predicted octanol–water partition coefficient (Wildman–Crippen LogP) is 3.93. The zero-order chi connectivity index (χ0) is 21.1. The molecule has 1 aromatic carbocycles. The van der Waals surface area contributed by atoms with E-state index in [1.807, 2.05) is 43.3 Å². The molecule has 3 rings (SSSR count). The fourth-order valence-electron chi connectivity index (χ4n) is 3.62. The number of rotatable bonds is 8. The molecule has 1 aromatic heterocycles. The average Bonchev–Trinajstić information content (AvgIpc) is 3.30. The van der Waals surface area contributed by atoms with Gasteiger partial charge in [0.1, 0.15) is 0 Å². The van der Waals surface area contributed by atoms with Gasteiger partial charge in [-0.1, -0.05) is 38.1 Å². The zero-order valence-corrected chi connectivity index (χ0v) is 17.4. The highest BCUT2D eigenvalue weighted by Gasteiger charge is 2.44. The molecule has 1 aliphatic heterocycles. The Morgan fingerprint density at radius 3 is 2.45 bits per heavy atom. The summed E-state index contributed by atoms with van der Waals surface area (Å²) in [5.41, 5.74) is 2.04. The summed E-state index contributed by atoms with van der Waals surface area (Å²) in [4.78, 5) is 29.5. The standard InChI is InChI=1S/C23H28N2O4/c1-15(2)16-8-10-17(11-9-16)20-19(21(26)18-7-5-14-29-18)22(27)23(28)25(20)13-6-12-24(3)4/h5,7-11,14-15,20,27H,6,12-13H2,1-4H3/t20-/m0/s1. The van der Waals surface area contributed by atoms with Crippen molar-refractivity contribution in [2.45, 2.75) is 32.2 Å². The van der Waals surface area contributed by atoms with Crippen LogP contribution in [-0.2, 0) is 4.79 Å². The molecular weight excluding hydrogens is 368 g/mol. The maximum Gasteiger partial charge on any atom is 0.290 e. The minimum atomic E-state index is -0.636. The summed E-state index contributed by atoms with van der Waals surface area (Å²) in [6.45, 7) is 5.45. The van der Waals surface area contributed by atoms with E-state index < -0.39 is 23.5 Å². The fraction of sp³-hybridized carbons (Fsp3) is 0.391. The van der Waals surface area contributed by atoms with Crippen molar-refractivity contribution in [3.05, 3.63) is 70.9 Å². The monoisotopic (exact) mass is 396 g/mol. The number of aliphatic hydroxyl groups is 1. The third-order valence-electron chi connectivity index (χ3n) is 5.22. The second-order valence-corrected chi connectivity index (χ2v) is 7.95. The smallest absolute Gasteiger partial charge is 0.290 e. The number of furan rings is 1. The first-order chi connectivity index (χ1) is 13.8. The topological polar surface area (TPSA) is 74.0 Å². The molecule has 0 fully saturated rings. The van der Waals surface area contributed by atoms with Crippen molar-refractivity contribution in [2.24, 2.45) is 0 Å². The van der Waals surface area contributed by atoms with Crippen LogP contribution in [0.1, 0.15) is 53.9 Å². The lowest BCUT2D eigenvalue weighted by molar-refractivity contribution is -0.129. The number of nitrogens with zero attached hydrogens (tertiary/aromatic N) is 2. The Hall–Kier alpha value is -2.86. The van der Waals surface area contributed by atoms with Crippen LogP contribution in [-0.4, -0.2) is 53.8 Å². The Morgan fingerprint density at radius 1 is 1.21 bits per heavy atom. The predicted molar refractivity (Wildman–Crippen MR) is 111 cm³/mol. The molecule has 1 N–H and O–H groups in total. The summed E-state index contributed by atoms with van der Waals surface area (Å²) < 4.78 is 5.24. The van der Waals surface area contributed by atoms with Gasteiger partial charge in [-0.05, 0) is 56.2 Å². The van der Waals surface area contributed by atoms with Crippen LogP contribution in [0.4, 0.5) is 0 Å². The van der Waals surface area contributed by atoms with Gasteiger partial charge in [0, 0.05) is 6.54 Å². The first kappa shape index (κ1) is 20.9. The maximum absolute atomic E-state index is 13.1. The second kappa shape index (κ2) is 8.66. The molecular formula is C23H28N2O4. The van der Waals surface area contributed by atoms with Gasteiger partial charge in [-0.25, -0.2) is 0 Å². The summed E-state index contributed by atoms with van der Waals surface area (Å²) in [6.07, 6.45) is 2.14. The van der Waals surface area contributed by atoms with Gasteiger partial charge in [-0.15, -0.1) is 0 Å². The number of Topliss-reactive ketones (excluding diaryl/α,β-unsaturated/α-hetero) is 1. The van der Waals surface area contributed by atoms with Crippen LogP contribution in [0.25, 0.3) is 0 Å². The zero-order valence-electron chi connectivity index (χ0n) is 17.4. The molecule has 1 atom stereocenters. The molecule has 0 bridgehead atoms. The number of ketones is 1. The molecule has 2 heterocycles. The van der Waals surface area contributed by atoms with Crippen LogP contribution in [0, 0.1) is 0 Å². The Balaban J connectivity index is 1.99. The minimum absolute atomic E-state index is 0.0760. The molecule has 0 spiro atoms. The largest absolute Gasteiger partial charge is 0.503 e. The number of hydrogen-bond acceptors (Lipinski definition) is 5. The lowest BCUT2D eigenvalue weighted by atomic mass is 9.93. The Labute approximate surface area is 171 Å². The van der Waals surface area contributed by atoms with Gasteiger partial charge in [0.2, 0.25) is 5.78 Å². The highest BCUT2D eigenvalue weighted by molar-refractivity contribution is 6.15. The van der Waals surface area contributed by atoms with Gasteiger partial charge < -0.3 is 19.3 Å². The Kier molecular flexibility index (Phi) is 6.23. The number of benzene rings is 1. The van der Waals surface area contributed by atoms with Crippen LogP contribution >= 0.6 is 0 Å². The lowest BCUT2D eigenvalue weighted by Gasteiger charge is -2.27. The van der Waals surface area contributed by atoms with Crippen molar-refractivity contribution < 1.29 is 19.1 Å². The molecule has 0 saturated carbocycles. The molecule has 0 unspecified atom stereocenters. The highest BCUT2D eigenvalue weighted by atomic mass is 16.3. The van der Waals surface area contributed by atoms with Crippen LogP contribution in [0.15, 0.2) is 58.4 Å². The highest BCUT2D eigenvalue weighted by Crippen LogP contribution is 2.39. The van der Waals surface area contributed by atoms with E-state index in [4.69, 9.17) is 4.42 Å². The first-order valence-corrected chi connectivity index (χ1v) is 9.88. The maximum atomic E-state index is 13.1. The molecule has 0 aliphatic carbocycles. The normalized spacial score (nSPS) is 17.1. The molecule has 0 radical (unpaired) electrons. The Morgan fingerprint density at radius 2 is 1.90 bits per heavy atom. The van der Waals surface area contributed by atoms with Gasteiger partial charge in [0.15, 0.2) is 11.5 Å². The summed E-state index contributed by atoms with van der Waals surface area (Å²) in [7, 11) is 3.94. The Bertz CT molecular complexity index is 895. The average molecular weight is 396 g/mol. The van der Waals surface area contributed by atoms with Crippen molar-refractivity contribution in [3.8, 4) is 0 Å². The summed E-state index contributed by atoms with van der Waals surface area (Å²) >= 11 is 0. The lowest BCUT2D eigenvalue weighted by Crippen LogP contribution is -2.33. The molecule has 6 nitrogen and oxygen atoms in total. The first-order valence-electron chi connectivity index (χ1n) is 9.88. The van der Waals surface area contributed by atoms with E-state index in [1.165, 1.54) is 11.8 Å². The van der Waals surface area contributed by atoms with Crippen molar-refractivity contribution in [3.63, 3.8) is 0 Å². The van der Waals surface area contributed by atoms with Crippen LogP contribution < -0.4 is 0 Å². The second-order valence-electron chi connectivity index (χ2n) is 7.95. The SMILES string of the molecule is CC(C)c1ccc([C@H]2C(C(=O)c3ccco3)=C(O)C(=O)N2CCCN(C)C)cc1. The molecule has 0 saturated heterocycles. The van der Waals surface area contributed by atoms with Crippen molar-refractivity contribution >= 4 is 11.7 Å². The minimum Gasteiger partial charge on any atom is -0.503 e. The van der Waals surface area contributed by atoms with E-state index in [2.05, 4.69) is 13.8 Å². The van der Waals surface area contributed by atoms with E-state index in [-0.39, 0.29) is 11.3 Å². The van der Waals surface area contributed by atoms with Crippen LogP contribution in [0.5, 0.6) is 0 Å². The van der Waals surface area contributed by atoms with E-state index in [0.29, 0.717) is 12.5 Å². The van der Waals surface area contributed by atoms with Gasteiger partial charge in [0.05, 0.1) is 17.9 Å². The number of carbonyl (C=O) groups excluding carboxylic acids is 2. The van der Waals surface area contributed by atoms with Crippen molar-refractivity contribution in [2.75, 3.05) is 27.2 Å². The van der Waals surface area contributed by atoms with E-state index >= 15 is 0 Å². The van der Waals surface area contributed by atoms with Gasteiger partial charge in [-0.2, -0.15) is 0 Å². The van der Waals surface area contributed by atoms with Crippen LogP contribution in [0.2, 0.25) is 0 Å². The third kappa shape index (κ3) is 4.27. The van der Waals surface area contributed by atoms with Gasteiger partial charge >= 0.3 is 0 Å². The quantitative estimate of drug-likeness (QED) is 0.685. The number of amides is 1. The van der Waals surface area contributed by atoms with Gasteiger partial charge in [-0.3, -0.25) is 9.59 Å². The molecule has 1 amide bonds. The summed E-state index contributed by atoms with van der Waals surface area (Å²) in [6, 6.07) is 10.4. The molecule has 29 heavy (non-hydrogen) atoms. The van der Waals surface area contributed by atoms with E-state index in [9.17, 15) is 14.7 Å². The number of aliphatic hydroxyl groups excluding tert-OH is 1. The molecule has 2 aromatic rings. The molecule has 1 aliphatic rings. The van der Waals surface area contributed by atoms with E-state index in [0.717, 1.165) is 18.5 Å². The van der Waals surface area contributed by atoms with Crippen molar-refractivity contribution in [1.29, 1.82) is 0 Å². The number of hydrogen-bond donors (Lipinski definition) is 1. The summed E-state index contributed by atoms with van der Waals surface area (Å²) in [5, 5.41) is 10.6. The van der Waals surface area contributed by atoms with Crippen molar-refractivity contribution in [1.82, 2.24) is 9.80 Å².